The zero-order valence-electron chi connectivity index (χ0n) is 14.0. The molecule has 134 valence electrons. The lowest BCUT2D eigenvalue weighted by atomic mass is 10.2. The second-order valence-electron chi connectivity index (χ2n) is 5.57. The lowest BCUT2D eigenvalue weighted by molar-refractivity contribution is -0.122. The molecule has 0 radical (unpaired) electrons. The van der Waals surface area contributed by atoms with E-state index in [0.717, 1.165) is 0 Å². The third-order valence-corrected chi connectivity index (χ3v) is 3.40. The highest BCUT2D eigenvalue weighted by atomic mass is 19.1. The Balaban J connectivity index is 1.48. The van der Waals surface area contributed by atoms with Gasteiger partial charge in [-0.2, -0.15) is 4.80 Å². The van der Waals surface area contributed by atoms with E-state index in [1.807, 2.05) is 6.92 Å². The maximum atomic E-state index is 12.9. The number of carbonyl (C=O) groups is 1. The number of benzene rings is 1. The summed E-state index contributed by atoms with van der Waals surface area (Å²) in [7, 11) is 0. The van der Waals surface area contributed by atoms with E-state index in [9.17, 15) is 9.18 Å². The van der Waals surface area contributed by atoms with Crippen LogP contribution in [0.15, 0.2) is 48.8 Å². The minimum atomic E-state index is -0.344. The number of carbonyl (C=O) groups excluding carboxylic acids is 1. The van der Waals surface area contributed by atoms with Crippen molar-refractivity contribution in [3.05, 3.63) is 54.6 Å². The van der Waals surface area contributed by atoms with E-state index in [1.54, 1.807) is 36.7 Å². The first-order valence-electron chi connectivity index (χ1n) is 7.97. The van der Waals surface area contributed by atoms with E-state index in [0.29, 0.717) is 23.7 Å². The number of ether oxygens (including phenoxy) is 1. The molecule has 1 aromatic carbocycles. The Labute approximate surface area is 149 Å². The van der Waals surface area contributed by atoms with Crippen LogP contribution in [0, 0.1) is 5.82 Å². The van der Waals surface area contributed by atoms with E-state index in [2.05, 4.69) is 25.7 Å². The van der Waals surface area contributed by atoms with Crippen molar-refractivity contribution in [2.24, 2.45) is 0 Å². The number of hydrogen-bond acceptors (Lipinski definition) is 6. The molecule has 26 heavy (non-hydrogen) atoms. The summed E-state index contributed by atoms with van der Waals surface area (Å²) in [5, 5.41) is 14.6. The number of halogens is 1. The predicted molar refractivity (Wildman–Crippen MR) is 90.5 cm³/mol. The van der Waals surface area contributed by atoms with Crippen molar-refractivity contribution >= 4 is 5.91 Å². The Hall–Kier alpha value is -3.36. The molecule has 0 saturated carbocycles. The van der Waals surface area contributed by atoms with Gasteiger partial charge in [0, 0.05) is 11.8 Å². The molecule has 0 aliphatic rings. The van der Waals surface area contributed by atoms with E-state index in [4.69, 9.17) is 4.74 Å². The number of hydrogen-bond donors (Lipinski definition) is 1. The SMILES string of the molecule is C[C@@H](CNC(=O)Cn1nnc(-c2ccc(F)cc2)n1)Oc1cccnc1. The number of amides is 1. The van der Waals surface area contributed by atoms with Crippen molar-refractivity contribution in [2.75, 3.05) is 6.54 Å². The standard InChI is InChI=1S/C17H17FN6O2/c1-12(26-15-3-2-8-19-10-15)9-20-16(25)11-24-22-17(21-23-24)13-4-6-14(18)7-5-13/h2-8,10,12H,9,11H2,1H3,(H,20,25)/t12-/m0/s1. The molecule has 9 heteroatoms. The molecule has 0 fully saturated rings. The Morgan fingerprint density at radius 2 is 2.12 bits per heavy atom. The van der Waals surface area contributed by atoms with E-state index in [-0.39, 0.29) is 24.4 Å². The van der Waals surface area contributed by atoms with Gasteiger partial charge in [-0.3, -0.25) is 9.78 Å². The fraction of sp³-hybridized carbons (Fsp3) is 0.235. The van der Waals surface area contributed by atoms with Crippen LogP contribution in [0.2, 0.25) is 0 Å². The number of pyridine rings is 1. The largest absolute Gasteiger partial charge is 0.487 e. The van der Waals surface area contributed by atoms with Crippen molar-refractivity contribution in [3.63, 3.8) is 0 Å². The summed E-state index contributed by atoms with van der Waals surface area (Å²) >= 11 is 0. The lowest BCUT2D eigenvalue weighted by Crippen LogP contribution is -2.36. The molecule has 2 heterocycles. The predicted octanol–water partition coefficient (Wildman–Crippen LogP) is 1.46. The highest BCUT2D eigenvalue weighted by molar-refractivity contribution is 5.75. The van der Waals surface area contributed by atoms with Crippen LogP contribution in [0.25, 0.3) is 11.4 Å². The highest BCUT2D eigenvalue weighted by Crippen LogP contribution is 2.13. The molecule has 0 saturated heterocycles. The molecule has 3 aromatic rings. The first-order valence-corrected chi connectivity index (χ1v) is 7.97. The molecule has 0 bridgehead atoms. The van der Waals surface area contributed by atoms with Gasteiger partial charge in [-0.15, -0.1) is 10.2 Å². The van der Waals surface area contributed by atoms with Gasteiger partial charge in [0.1, 0.15) is 24.2 Å². The topological polar surface area (TPSA) is 94.8 Å². The molecule has 2 aromatic heterocycles. The summed E-state index contributed by atoms with van der Waals surface area (Å²) in [6.07, 6.45) is 3.04. The van der Waals surface area contributed by atoms with Gasteiger partial charge in [0.25, 0.3) is 0 Å². The number of aromatic nitrogens is 5. The summed E-state index contributed by atoms with van der Waals surface area (Å²) in [5.74, 6) is 0.347. The van der Waals surface area contributed by atoms with Crippen LogP contribution in [0.4, 0.5) is 4.39 Å². The Morgan fingerprint density at radius 1 is 1.31 bits per heavy atom. The van der Waals surface area contributed by atoms with E-state index in [1.165, 1.54) is 16.9 Å². The zero-order valence-corrected chi connectivity index (χ0v) is 14.0. The third-order valence-electron chi connectivity index (χ3n) is 3.40. The van der Waals surface area contributed by atoms with Crippen LogP contribution in [0.5, 0.6) is 5.75 Å². The van der Waals surface area contributed by atoms with Gasteiger partial charge in [0.05, 0.1) is 12.7 Å². The molecule has 0 aliphatic heterocycles. The van der Waals surface area contributed by atoms with Crippen LogP contribution in [0.1, 0.15) is 6.92 Å². The van der Waals surface area contributed by atoms with Gasteiger partial charge in [0.2, 0.25) is 11.7 Å². The Bertz CT molecular complexity index is 853. The molecular formula is C17H17FN6O2. The number of rotatable bonds is 7. The normalized spacial score (nSPS) is 11.8. The average molecular weight is 356 g/mol. The molecule has 8 nitrogen and oxygen atoms in total. The summed E-state index contributed by atoms with van der Waals surface area (Å²) in [6.45, 7) is 2.09. The van der Waals surface area contributed by atoms with Crippen LogP contribution < -0.4 is 10.1 Å². The molecule has 3 rings (SSSR count). The van der Waals surface area contributed by atoms with Gasteiger partial charge in [-0.25, -0.2) is 4.39 Å². The van der Waals surface area contributed by atoms with Gasteiger partial charge < -0.3 is 10.1 Å². The number of nitrogens with zero attached hydrogens (tertiary/aromatic N) is 5. The van der Waals surface area contributed by atoms with Gasteiger partial charge >= 0.3 is 0 Å². The fourth-order valence-electron chi connectivity index (χ4n) is 2.16. The minimum absolute atomic E-state index is 0.0756. The van der Waals surface area contributed by atoms with Crippen LogP contribution in [-0.2, 0) is 11.3 Å². The van der Waals surface area contributed by atoms with Crippen LogP contribution in [0.3, 0.4) is 0 Å². The van der Waals surface area contributed by atoms with Crippen LogP contribution >= 0.6 is 0 Å². The molecule has 1 atom stereocenters. The monoisotopic (exact) mass is 356 g/mol. The first kappa shape index (κ1) is 17.5. The Morgan fingerprint density at radius 3 is 2.85 bits per heavy atom. The molecule has 0 aliphatic carbocycles. The highest BCUT2D eigenvalue weighted by Gasteiger charge is 2.11. The maximum Gasteiger partial charge on any atom is 0.243 e. The van der Waals surface area contributed by atoms with Crippen molar-refractivity contribution in [3.8, 4) is 17.1 Å². The summed E-state index contributed by atoms with van der Waals surface area (Å²) in [4.78, 5) is 17.1. The second-order valence-corrected chi connectivity index (χ2v) is 5.57. The smallest absolute Gasteiger partial charge is 0.243 e. The number of tetrazole rings is 1. The van der Waals surface area contributed by atoms with Gasteiger partial charge in [0.15, 0.2) is 0 Å². The second kappa shape index (κ2) is 8.15. The van der Waals surface area contributed by atoms with Gasteiger partial charge in [-0.1, -0.05) is 0 Å². The summed E-state index contributed by atoms with van der Waals surface area (Å²) in [5.41, 5.74) is 0.622. The lowest BCUT2D eigenvalue weighted by Gasteiger charge is -2.14. The molecule has 0 spiro atoms. The first-order chi connectivity index (χ1) is 12.6. The van der Waals surface area contributed by atoms with E-state index >= 15 is 0 Å². The summed E-state index contributed by atoms with van der Waals surface area (Å²) < 4.78 is 18.6. The molecule has 0 unspecified atom stereocenters. The molecule has 1 amide bonds. The quantitative estimate of drug-likeness (QED) is 0.689. The average Bonchev–Trinajstić information content (AvgIpc) is 3.10. The Kier molecular flexibility index (Phi) is 5.47. The van der Waals surface area contributed by atoms with Crippen molar-refractivity contribution in [1.82, 2.24) is 30.5 Å². The van der Waals surface area contributed by atoms with Crippen molar-refractivity contribution in [2.45, 2.75) is 19.6 Å². The zero-order chi connectivity index (χ0) is 18.4. The summed E-state index contributed by atoms with van der Waals surface area (Å²) in [6, 6.07) is 9.29. The molecule has 1 N–H and O–H groups in total. The van der Waals surface area contributed by atoms with Crippen LogP contribution in [-0.4, -0.2) is 43.7 Å². The van der Waals surface area contributed by atoms with Crippen molar-refractivity contribution in [1.29, 1.82) is 0 Å². The molecular weight excluding hydrogens is 339 g/mol. The van der Waals surface area contributed by atoms with Crippen molar-refractivity contribution < 1.29 is 13.9 Å². The fourth-order valence-corrected chi connectivity index (χ4v) is 2.16. The van der Waals surface area contributed by atoms with E-state index < -0.39 is 0 Å². The minimum Gasteiger partial charge on any atom is -0.487 e. The number of nitrogens with one attached hydrogen (secondary N) is 1. The maximum absolute atomic E-state index is 12.9. The third kappa shape index (κ3) is 4.82. The van der Waals surface area contributed by atoms with Gasteiger partial charge in [-0.05, 0) is 48.5 Å².